The van der Waals surface area contributed by atoms with Crippen molar-refractivity contribution in [2.45, 2.75) is 126 Å². The fourth-order valence-corrected chi connectivity index (χ4v) is 10.7. The van der Waals surface area contributed by atoms with Gasteiger partial charge < -0.3 is 65.6 Å². The maximum Gasteiger partial charge on any atom is 0.409 e. The van der Waals surface area contributed by atoms with Crippen LogP contribution in [-0.2, 0) is 73.3 Å². The van der Waals surface area contributed by atoms with E-state index in [9.17, 15) is 57.8 Å². The average molecular weight is 1160 g/mol. The number of anilines is 1. The number of ether oxygens (including phenoxy) is 5. The number of hydrogen-bond acceptors (Lipinski definition) is 18. The van der Waals surface area contributed by atoms with E-state index in [0.717, 1.165) is 27.8 Å². The first kappa shape index (κ1) is 64.0. The molecule has 0 radical (unpaired) electrons. The van der Waals surface area contributed by atoms with Gasteiger partial charge in [-0.25, -0.2) is 9.59 Å². The topological polar surface area (TPSA) is 353 Å². The molecule has 26 nitrogen and oxygen atoms in total. The van der Waals surface area contributed by atoms with Crippen LogP contribution in [0.1, 0.15) is 78.2 Å². The number of nitrogens with one attached hydrogen (secondary N) is 5. The third kappa shape index (κ3) is 17.1. The molecule has 0 aromatic heterocycles. The summed E-state index contributed by atoms with van der Waals surface area (Å²) in [6.45, 7) is 5.31. The van der Waals surface area contributed by atoms with E-state index < -0.39 is 144 Å². The number of epoxide rings is 1. The SMILES string of the molecule is COc1cc2cc(c1Cl)N(C)C(=O)C[C@H](OC(=O)[C@H](C)N(C)C(=O)CCSC1CC(=O)N(CCCC(=O)NCC(=O)NCC(=O)NCC(=O)NCCC(N)=O)C1=O)[C@]1(C)O[C@H]1[C@H](C)[C@@H]1C[C@@](O)(NC(=O)O1)[C@H](OC)/C=C/C=C(\C)C2. The van der Waals surface area contributed by atoms with Gasteiger partial charge in [0.25, 0.3) is 0 Å². The van der Waals surface area contributed by atoms with Gasteiger partial charge in [0.1, 0.15) is 40.7 Å². The van der Waals surface area contributed by atoms with Gasteiger partial charge in [0.05, 0.1) is 50.2 Å². The number of aliphatic hydroxyl groups is 1. The van der Waals surface area contributed by atoms with Gasteiger partial charge in [-0.15, -0.1) is 11.8 Å². The van der Waals surface area contributed by atoms with Gasteiger partial charge in [-0.3, -0.25) is 53.4 Å². The van der Waals surface area contributed by atoms with Crippen molar-refractivity contribution in [3.05, 3.63) is 46.5 Å². The van der Waals surface area contributed by atoms with Crippen LogP contribution < -0.4 is 42.0 Å². The largest absolute Gasteiger partial charge is 0.495 e. The molecule has 5 rings (SSSR count). The lowest BCUT2D eigenvalue weighted by molar-refractivity contribution is -0.162. The first-order valence-electron chi connectivity index (χ1n) is 25.9. The monoisotopic (exact) mass is 1160 g/mol. The molecule has 3 fully saturated rings. The average Bonchev–Trinajstić information content (AvgIpc) is 4.19. The number of fused-ring (bicyclic) bond motifs is 5. The molecule has 0 saturated carbocycles. The molecule has 1 aromatic carbocycles. The number of esters is 1. The van der Waals surface area contributed by atoms with Crippen LogP contribution in [0.4, 0.5) is 10.5 Å². The minimum absolute atomic E-state index is 0.00496. The molecule has 4 bridgehead atoms. The number of alkyl carbamates (subject to hydrolysis) is 1. The summed E-state index contributed by atoms with van der Waals surface area (Å²) in [7, 11) is 5.76. The van der Waals surface area contributed by atoms with Crippen LogP contribution >= 0.6 is 23.4 Å². The van der Waals surface area contributed by atoms with Crippen molar-refractivity contribution in [1.29, 1.82) is 0 Å². The third-order valence-corrected chi connectivity index (χ3v) is 15.8. The van der Waals surface area contributed by atoms with Gasteiger partial charge in [-0.05, 0) is 51.3 Å². The Labute approximate surface area is 472 Å². The number of amides is 10. The van der Waals surface area contributed by atoms with Gasteiger partial charge in [0.15, 0.2) is 5.72 Å². The number of rotatable bonds is 22. The Balaban J connectivity index is 1.15. The zero-order chi connectivity index (χ0) is 59.2. The Bertz CT molecular complexity index is 2620. The van der Waals surface area contributed by atoms with Crippen molar-refractivity contribution in [2.75, 3.05) is 71.7 Å². The fraction of sp³-hybridized carbons (Fsp3) is 0.596. The summed E-state index contributed by atoms with van der Waals surface area (Å²) in [5.41, 5.74) is 3.68. The summed E-state index contributed by atoms with van der Waals surface area (Å²) in [6.07, 6.45) is -0.313. The Morgan fingerprint density at radius 2 is 1.61 bits per heavy atom. The molecule has 0 spiro atoms. The Morgan fingerprint density at radius 1 is 0.963 bits per heavy atom. The third-order valence-electron chi connectivity index (χ3n) is 14.2. The highest BCUT2D eigenvalue weighted by Gasteiger charge is 2.64. The minimum atomic E-state index is -1.91. The molecule has 0 aliphatic carbocycles. The zero-order valence-electron chi connectivity index (χ0n) is 46.0. The molecule has 9 atom stereocenters. The van der Waals surface area contributed by atoms with Crippen LogP contribution in [0.5, 0.6) is 5.75 Å². The van der Waals surface area contributed by atoms with Crippen molar-refractivity contribution in [2.24, 2.45) is 11.7 Å². The Kier molecular flexibility index (Phi) is 22.9. The number of methoxy groups -OCH3 is 2. The molecule has 3 saturated heterocycles. The van der Waals surface area contributed by atoms with Crippen molar-refractivity contribution >= 4 is 94.3 Å². The number of carbonyl (C=O) groups is 11. The normalized spacial score (nSPS) is 26.2. The molecule has 8 N–H and O–H groups in total. The molecular weight excluding hydrogens is 1090 g/mol. The van der Waals surface area contributed by atoms with Crippen LogP contribution in [0, 0.1) is 5.92 Å². The van der Waals surface area contributed by atoms with E-state index in [2.05, 4.69) is 26.6 Å². The van der Waals surface area contributed by atoms with Crippen molar-refractivity contribution < 1.29 is 81.5 Å². The first-order chi connectivity index (χ1) is 37.7. The van der Waals surface area contributed by atoms with Gasteiger partial charge in [0, 0.05) is 78.1 Å². The van der Waals surface area contributed by atoms with Crippen LogP contribution in [0.15, 0.2) is 35.9 Å². The molecule has 80 heavy (non-hydrogen) atoms. The summed E-state index contributed by atoms with van der Waals surface area (Å²) in [5, 5.41) is 23.0. The summed E-state index contributed by atoms with van der Waals surface area (Å²) < 4.78 is 29.3. The highest BCUT2D eigenvalue weighted by molar-refractivity contribution is 8.00. The lowest BCUT2D eigenvalue weighted by atomic mass is 9.83. The Morgan fingerprint density at radius 3 is 2.25 bits per heavy atom. The summed E-state index contributed by atoms with van der Waals surface area (Å²) in [6, 6.07) is 2.30. The van der Waals surface area contributed by atoms with E-state index in [-0.39, 0.29) is 62.4 Å². The van der Waals surface area contributed by atoms with Crippen molar-refractivity contribution in [1.82, 2.24) is 36.4 Å². The lowest BCUT2D eigenvalue weighted by Crippen LogP contribution is -2.63. The minimum Gasteiger partial charge on any atom is -0.495 e. The van der Waals surface area contributed by atoms with E-state index >= 15 is 0 Å². The molecule has 4 aliphatic rings. The summed E-state index contributed by atoms with van der Waals surface area (Å²) in [5.74, 6) is -6.17. The van der Waals surface area contributed by atoms with Crippen molar-refractivity contribution in [3.8, 4) is 5.75 Å². The van der Waals surface area contributed by atoms with E-state index in [1.54, 1.807) is 38.1 Å². The predicted molar refractivity (Wildman–Crippen MR) is 288 cm³/mol. The maximum absolute atomic E-state index is 14.4. The number of hydrogen-bond donors (Lipinski definition) is 7. The van der Waals surface area contributed by atoms with E-state index in [4.69, 9.17) is 41.0 Å². The highest BCUT2D eigenvalue weighted by atomic mass is 35.5. The zero-order valence-corrected chi connectivity index (χ0v) is 47.6. The fourth-order valence-electron chi connectivity index (χ4n) is 9.24. The van der Waals surface area contributed by atoms with E-state index in [1.807, 2.05) is 13.0 Å². The second-order valence-corrected chi connectivity index (χ2v) is 21.8. The summed E-state index contributed by atoms with van der Waals surface area (Å²) >= 11 is 7.89. The number of likely N-dealkylation sites (N-methyl/N-ethyl adjacent to an activating group) is 1. The van der Waals surface area contributed by atoms with Crippen molar-refractivity contribution in [3.63, 3.8) is 0 Å². The van der Waals surface area contributed by atoms with Crippen LogP contribution in [-0.4, -0.2) is 194 Å². The second-order valence-electron chi connectivity index (χ2n) is 20.1. The quantitative estimate of drug-likeness (QED) is 0.0452. The first-order valence-corrected chi connectivity index (χ1v) is 27.3. The van der Waals surface area contributed by atoms with E-state index in [1.165, 1.54) is 45.0 Å². The number of nitrogens with two attached hydrogens (primary N) is 1. The van der Waals surface area contributed by atoms with Gasteiger partial charge >= 0.3 is 12.1 Å². The number of nitrogens with zero attached hydrogens (tertiary/aromatic N) is 3. The second kappa shape index (κ2) is 28.6. The standard InChI is InChI=1S/C52H72ClN9O17S/c1-28-11-9-12-36(76-8)52(74)24-34(77-50(73)59-52)29(2)47-51(4,79-47)37(23-44(69)61(6)32-20-31(19-28)21-33(75-7)46(32)53)78-49(72)30(3)60(5)43(68)15-18-80-35-22-45(70)62(48(35)71)17-10-13-39(64)56-26-41(66)58-27-42(67)57-25-40(65)55-16-14-38(54)63/h9,11-12,20-21,29-30,34-37,47,74H,10,13-19,22-27H2,1-8H3,(H2,54,63)(H,55,65)(H,56,64)(H,57,67)(H,58,66)(H,59,73)/b12-9+,28-11+/t29-,30+,34+,35?,36-,37+,47+,51+,52+/m1/s1. The number of imide groups is 1. The molecule has 10 amide bonds. The lowest BCUT2D eigenvalue weighted by Gasteiger charge is -2.42. The molecule has 4 heterocycles. The highest BCUT2D eigenvalue weighted by Crippen LogP contribution is 2.49. The number of carbonyl (C=O) groups excluding carboxylic acids is 11. The molecular formula is C52H72ClN9O17S. The molecule has 440 valence electrons. The van der Waals surface area contributed by atoms with Crippen LogP contribution in [0.2, 0.25) is 5.02 Å². The number of thioether (sulfide) groups is 1. The molecule has 28 heteroatoms. The number of likely N-dealkylation sites (tertiary alicyclic amines) is 1. The van der Waals surface area contributed by atoms with Crippen LogP contribution in [0.3, 0.4) is 0 Å². The molecule has 4 aliphatic heterocycles. The van der Waals surface area contributed by atoms with E-state index in [0.29, 0.717) is 17.9 Å². The number of primary amides is 1. The number of halogens is 1. The smallest absolute Gasteiger partial charge is 0.409 e. The number of benzene rings is 1. The summed E-state index contributed by atoms with van der Waals surface area (Å²) in [4.78, 5) is 144. The molecule has 1 unspecified atom stereocenters. The predicted octanol–water partition coefficient (Wildman–Crippen LogP) is -0.114. The van der Waals surface area contributed by atoms with Gasteiger partial charge in [0.2, 0.25) is 53.2 Å². The number of allylic oxidation sites excluding steroid dienone is 3. The van der Waals surface area contributed by atoms with Gasteiger partial charge in [-0.1, -0.05) is 42.3 Å². The molecule has 1 aromatic rings. The van der Waals surface area contributed by atoms with Crippen LogP contribution in [0.25, 0.3) is 0 Å². The van der Waals surface area contributed by atoms with Gasteiger partial charge in [-0.2, -0.15) is 0 Å². The maximum atomic E-state index is 14.4. The Hall–Kier alpha value is -6.81.